The van der Waals surface area contributed by atoms with E-state index in [0.717, 1.165) is 0 Å². The average molecular weight is 321 g/mol. The third-order valence-corrected chi connectivity index (χ3v) is 4.51. The number of carbonyl (C=O) groups excluding carboxylic acids is 1. The molecule has 1 N–H and O–H groups in total. The molecule has 0 spiro atoms. The minimum absolute atomic E-state index is 0.144. The van der Waals surface area contributed by atoms with Crippen molar-refractivity contribution in [1.29, 1.82) is 0 Å². The van der Waals surface area contributed by atoms with Crippen LogP contribution in [0, 0.1) is 0 Å². The van der Waals surface area contributed by atoms with Gasteiger partial charge in [0.25, 0.3) is 0 Å². The Labute approximate surface area is 137 Å². The molecule has 4 rings (SSSR count). The van der Waals surface area contributed by atoms with Crippen LogP contribution in [0.15, 0.2) is 63.8 Å². The van der Waals surface area contributed by atoms with Crippen LogP contribution >= 0.6 is 0 Å². The van der Waals surface area contributed by atoms with Gasteiger partial charge in [-0.25, -0.2) is 4.79 Å². The van der Waals surface area contributed by atoms with Crippen LogP contribution in [0.2, 0.25) is 0 Å². The largest absolute Gasteiger partial charge is 0.422 e. The molecule has 2 atom stereocenters. The first-order chi connectivity index (χ1) is 11.6. The van der Waals surface area contributed by atoms with Crippen LogP contribution in [0.25, 0.3) is 11.0 Å². The Morgan fingerprint density at radius 2 is 1.75 bits per heavy atom. The van der Waals surface area contributed by atoms with Crippen molar-refractivity contribution in [2.45, 2.75) is 12.1 Å². The van der Waals surface area contributed by atoms with Gasteiger partial charge in [0.2, 0.25) is 0 Å². The fraction of sp³-hybridized carbons (Fsp3) is 0.158. The van der Waals surface area contributed by atoms with E-state index in [2.05, 4.69) is 0 Å². The number of fused-ring (bicyclic) bond motifs is 3. The lowest BCUT2D eigenvalue weighted by atomic mass is 9.99. The quantitative estimate of drug-likeness (QED) is 0.580. The zero-order chi connectivity index (χ0) is 16.8. The lowest BCUT2D eigenvalue weighted by Crippen LogP contribution is -2.38. The molecule has 1 aliphatic rings. The zero-order valence-electron chi connectivity index (χ0n) is 13.0. The molecule has 0 radical (unpaired) electrons. The molecule has 120 valence electrons. The molecule has 2 heterocycles. The van der Waals surface area contributed by atoms with Crippen LogP contribution in [0.5, 0.6) is 0 Å². The van der Waals surface area contributed by atoms with E-state index in [1.54, 1.807) is 48.3 Å². The summed E-state index contributed by atoms with van der Waals surface area (Å²) in [5, 5.41) is 11.4. The number of aliphatic hydroxyl groups excluding tert-OH is 1. The number of rotatable bonds is 2. The van der Waals surface area contributed by atoms with E-state index < -0.39 is 17.8 Å². The Hall–Kier alpha value is -2.92. The predicted molar refractivity (Wildman–Crippen MR) is 90.4 cm³/mol. The molecule has 1 aromatic heterocycles. The number of anilines is 1. The van der Waals surface area contributed by atoms with Gasteiger partial charge in [-0.3, -0.25) is 4.79 Å². The van der Waals surface area contributed by atoms with Gasteiger partial charge in [-0.15, -0.1) is 0 Å². The molecule has 2 aromatic carbocycles. The Morgan fingerprint density at radius 3 is 2.50 bits per heavy atom. The Bertz CT molecular complexity index is 993. The highest BCUT2D eigenvalue weighted by Crippen LogP contribution is 2.42. The summed E-state index contributed by atoms with van der Waals surface area (Å²) in [6, 6.07) is 15.0. The average Bonchev–Trinajstić information content (AvgIpc) is 2.87. The van der Waals surface area contributed by atoms with Gasteiger partial charge in [0.1, 0.15) is 17.7 Å². The van der Waals surface area contributed by atoms with E-state index in [0.29, 0.717) is 22.2 Å². The summed E-state index contributed by atoms with van der Waals surface area (Å²) in [5.74, 6) is -0.231. The van der Waals surface area contributed by atoms with Gasteiger partial charge >= 0.3 is 5.63 Å². The maximum absolute atomic E-state index is 12.8. The fourth-order valence-corrected chi connectivity index (χ4v) is 3.39. The minimum atomic E-state index is -1.22. The van der Waals surface area contributed by atoms with Gasteiger partial charge in [-0.05, 0) is 12.1 Å². The first-order valence-electron chi connectivity index (χ1n) is 7.65. The standard InChI is InChI=1S/C19H15NO4/c1-20-15-12-9-5-6-10-13(12)24-19(23)14(15)18(22)16(20)17(21)11-7-3-2-4-8-11/h2-10,16,18,22H,1H3. The maximum Gasteiger partial charge on any atom is 0.344 e. The van der Waals surface area contributed by atoms with Crippen molar-refractivity contribution < 1.29 is 14.3 Å². The number of nitrogens with zero attached hydrogens (tertiary/aromatic N) is 1. The number of carbonyl (C=O) groups is 1. The lowest BCUT2D eigenvalue weighted by Gasteiger charge is -2.23. The molecule has 0 fully saturated rings. The second kappa shape index (κ2) is 5.32. The number of hydrogen-bond donors (Lipinski definition) is 1. The van der Waals surface area contributed by atoms with Gasteiger partial charge in [0.15, 0.2) is 5.78 Å². The van der Waals surface area contributed by atoms with Crippen molar-refractivity contribution in [2.75, 3.05) is 11.9 Å². The molecule has 5 nitrogen and oxygen atoms in total. The second-order valence-electron chi connectivity index (χ2n) is 5.88. The topological polar surface area (TPSA) is 70.8 Å². The Balaban J connectivity index is 1.90. The van der Waals surface area contributed by atoms with Crippen molar-refractivity contribution >= 4 is 22.4 Å². The molecule has 24 heavy (non-hydrogen) atoms. The normalized spacial score (nSPS) is 19.5. The summed E-state index contributed by atoms with van der Waals surface area (Å²) in [6.07, 6.45) is -1.22. The number of Topliss-reactive ketones (excluding diaryl/α,β-unsaturated/α-hetero) is 1. The molecular formula is C19H15NO4. The number of benzene rings is 2. The summed E-state index contributed by atoms with van der Waals surface area (Å²) in [7, 11) is 1.71. The van der Waals surface area contributed by atoms with Crippen LogP contribution in [-0.4, -0.2) is 24.0 Å². The molecule has 1 aliphatic heterocycles. The minimum Gasteiger partial charge on any atom is -0.422 e. The van der Waals surface area contributed by atoms with Gasteiger partial charge in [0, 0.05) is 18.0 Å². The van der Waals surface area contributed by atoms with E-state index in [-0.39, 0.29) is 11.3 Å². The second-order valence-corrected chi connectivity index (χ2v) is 5.88. The van der Waals surface area contributed by atoms with Crippen LogP contribution in [0.4, 0.5) is 5.69 Å². The highest BCUT2D eigenvalue weighted by Gasteiger charge is 2.44. The van der Waals surface area contributed by atoms with Gasteiger partial charge in [0.05, 0.1) is 11.3 Å². The van der Waals surface area contributed by atoms with Crippen LogP contribution in [0.1, 0.15) is 22.0 Å². The van der Waals surface area contributed by atoms with E-state index in [4.69, 9.17) is 4.42 Å². The summed E-state index contributed by atoms with van der Waals surface area (Å²) >= 11 is 0. The Kier molecular flexibility index (Phi) is 3.25. The molecule has 3 aromatic rings. The summed E-state index contributed by atoms with van der Waals surface area (Å²) in [5.41, 5.74) is 1.03. The summed E-state index contributed by atoms with van der Waals surface area (Å²) in [6.45, 7) is 0. The number of hydrogen-bond acceptors (Lipinski definition) is 5. The van der Waals surface area contributed by atoms with Crippen LogP contribution in [0.3, 0.4) is 0 Å². The molecule has 5 heteroatoms. The van der Waals surface area contributed by atoms with Crippen molar-refractivity contribution in [1.82, 2.24) is 0 Å². The molecule has 0 saturated carbocycles. The van der Waals surface area contributed by atoms with E-state index >= 15 is 0 Å². The molecular weight excluding hydrogens is 306 g/mol. The Morgan fingerprint density at radius 1 is 1.08 bits per heavy atom. The number of ketones is 1. The highest BCUT2D eigenvalue weighted by molar-refractivity contribution is 6.06. The van der Waals surface area contributed by atoms with E-state index in [1.165, 1.54) is 0 Å². The molecule has 0 bridgehead atoms. The monoisotopic (exact) mass is 321 g/mol. The van der Waals surface area contributed by atoms with E-state index in [1.807, 2.05) is 18.2 Å². The molecule has 0 saturated heterocycles. The smallest absolute Gasteiger partial charge is 0.344 e. The zero-order valence-corrected chi connectivity index (χ0v) is 13.0. The first kappa shape index (κ1) is 14.7. The van der Waals surface area contributed by atoms with Crippen LogP contribution < -0.4 is 10.5 Å². The number of aliphatic hydroxyl groups is 1. The molecule has 2 unspecified atom stereocenters. The van der Waals surface area contributed by atoms with Crippen LogP contribution in [-0.2, 0) is 0 Å². The maximum atomic E-state index is 12.8. The van der Waals surface area contributed by atoms with Crippen molar-refractivity contribution in [3.63, 3.8) is 0 Å². The third-order valence-electron chi connectivity index (χ3n) is 4.51. The SMILES string of the molecule is CN1c2c(c(=O)oc3ccccc23)C(O)C1C(=O)c1ccccc1. The van der Waals surface area contributed by atoms with Crippen molar-refractivity contribution in [3.05, 3.63) is 76.1 Å². The van der Waals surface area contributed by atoms with Gasteiger partial charge in [-0.1, -0.05) is 42.5 Å². The molecule has 0 aliphatic carbocycles. The molecule has 0 amide bonds. The van der Waals surface area contributed by atoms with Gasteiger partial charge < -0.3 is 14.4 Å². The van der Waals surface area contributed by atoms with Crippen molar-refractivity contribution in [2.24, 2.45) is 0 Å². The highest BCUT2D eigenvalue weighted by atomic mass is 16.4. The third kappa shape index (κ3) is 1.98. The number of para-hydroxylation sites is 1. The van der Waals surface area contributed by atoms with Gasteiger partial charge in [-0.2, -0.15) is 0 Å². The van der Waals surface area contributed by atoms with E-state index in [9.17, 15) is 14.7 Å². The predicted octanol–water partition coefficient (Wildman–Crippen LogP) is 2.53. The lowest BCUT2D eigenvalue weighted by molar-refractivity contribution is 0.0834. The number of likely N-dealkylation sites (N-methyl/N-ethyl adjacent to an activating group) is 1. The fourth-order valence-electron chi connectivity index (χ4n) is 3.39. The summed E-state index contributed by atoms with van der Waals surface area (Å²) < 4.78 is 5.30. The first-order valence-corrected chi connectivity index (χ1v) is 7.65. The summed E-state index contributed by atoms with van der Waals surface area (Å²) in [4.78, 5) is 26.8. The van der Waals surface area contributed by atoms with Crippen molar-refractivity contribution in [3.8, 4) is 0 Å².